The standard InChI is InChI=1S/C24H23NO2/c1-23(25,27)16-21-22(26)19-14-8-9-15-20(19)24(21,17-10-4-2-5-11-17)18-12-6-3-7-13-18/h2-15,21,27H,16,25H2,1H3. The maximum atomic E-state index is 13.5. The molecule has 2 unspecified atom stereocenters. The molecule has 1 aliphatic carbocycles. The van der Waals surface area contributed by atoms with E-state index in [-0.39, 0.29) is 12.2 Å². The van der Waals surface area contributed by atoms with E-state index >= 15 is 0 Å². The van der Waals surface area contributed by atoms with E-state index in [0.29, 0.717) is 5.56 Å². The van der Waals surface area contributed by atoms with Crippen molar-refractivity contribution in [1.29, 1.82) is 0 Å². The van der Waals surface area contributed by atoms with Crippen molar-refractivity contribution in [2.75, 3.05) is 0 Å². The van der Waals surface area contributed by atoms with E-state index in [4.69, 9.17) is 5.73 Å². The van der Waals surface area contributed by atoms with Gasteiger partial charge in [0.2, 0.25) is 0 Å². The molecule has 136 valence electrons. The Morgan fingerprint density at radius 2 is 1.37 bits per heavy atom. The average Bonchev–Trinajstić information content (AvgIpc) is 2.92. The number of Topliss-reactive ketones (excluding diaryl/α,β-unsaturated/α-hetero) is 1. The fraction of sp³-hybridized carbons (Fsp3) is 0.208. The Morgan fingerprint density at radius 3 is 1.89 bits per heavy atom. The third-order valence-corrected chi connectivity index (χ3v) is 5.53. The Kier molecular flexibility index (Phi) is 4.22. The van der Waals surface area contributed by atoms with Crippen molar-refractivity contribution in [3.63, 3.8) is 0 Å². The van der Waals surface area contributed by atoms with Gasteiger partial charge in [0, 0.05) is 17.9 Å². The van der Waals surface area contributed by atoms with Crippen molar-refractivity contribution in [1.82, 2.24) is 0 Å². The highest BCUT2D eigenvalue weighted by atomic mass is 16.3. The molecule has 0 radical (unpaired) electrons. The zero-order valence-corrected chi connectivity index (χ0v) is 15.3. The summed E-state index contributed by atoms with van der Waals surface area (Å²) in [5.41, 5.74) is 7.61. The topological polar surface area (TPSA) is 63.3 Å². The fourth-order valence-corrected chi connectivity index (χ4v) is 4.56. The second-order valence-electron chi connectivity index (χ2n) is 7.56. The van der Waals surface area contributed by atoms with E-state index < -0.39 is 17.1 Å². The van der Waals surface area contributed by atoms with Gasteiger partial charge in [-0.05, 0) is 23.6 Å². The van der Waals surface area contributed by atoms with Gasteiger partial charge in [0.25, 0.3) is 0 Å². The number of rotatable bonds is 4. The molecule has 0 saturated carbocycles. The van der Waals surface area contributed by atoms with E-state index in [1.54, 1.807) is 6.92 Å². The van der Waals surface area contributed by atoms with E-state index in [0.717, 1.165) is 16.7 Å². The van der Waals surface area contributed by atoms with E-state index in [1.807, 2.05) is 60.7 Å². The molecule has 4 rings (SSSR count). The van der Waals surface area contributed by atoms with Gasteiger partial charge in [-0.25, -0.2) is 0 Å². The predicted octanol–water partition coefficient (Wildman–Crippen LogP) is 3.89. The van der Waals surface area contributed by atoms with Crippen LogP contribution in [0.25, 0.3) is 0 Å². The molecule has 0 amide bonds. The number of benzene rings is 3. The van der Waals surface area contributed by atoms with Crippen molar-refractivity contribution in [2.24, 2.45) is 11.7 Å². The number of ketones is 1. The van der Waals surface area contributed by atoms with Gasteiger partial charge in [0.1, 0.15) is 5.72 Å². The molecule has 0 bridgehead atoms. The summed E-state index contributed by atoms with van der Waals surface area (Å²) < 4.78 is 0. The van der Waals surface area contributed by atoms with Gasteiger partial charge in [-0.15, -0.1) is 0 Å². The van der Waals surface area contributed by atoms with E-state index in [1.165, 1.54) is 0 Å². The summed E-state index contributed by atoms with van der Waals surface area (Å²) in [5, 5.41) is 10.4. The molecule has 3 aromatic rings. The zero-order valence-electron chi connectivity index (χ0n) is 15.3. The molecular formula is C24H23NO2. The van der Waals surface area contributed by atoms with Crippen molar-refractivity contribution in [3.05, 3.63) is 107 Å². The number of carbonyl (C=O) groups excluding carboxylic acids is 1. The molecule has 3 nitrogen and oxygen atoms in total. The van der Waals surface area contributed by atoms with Crippen molar-refractivity contribution >= 4 is 5.78 Å². The zero-order chi connectivity index (χ0) is 19.1. The van der Waals surface area contributed by atoms with Gasteiger partial charge in [-0.2, -0.15) is 0 Å². The van der Waals surface area contributed by atoms with Crippen molar-refractivity contribution < 1.29 is 9.90 Å². The van der Waals surface area contributed by atoms with Gasteiger partial charge in [-0.1, -0.05) is 84.9 Å². The highest BCUT2D eigenvalue weighted by Gasteiger charge is 2.55. The van der Waals surface area contributed by atoms with Crippen LogP contribution in [0.4, 0.5) is 0 Å². The van der Waals surface area contributed by atoms with Gasteiger partial charge in [0.05, 0.1) is 5.41 Å². The summed E-state index contributed by atoms with van der Waals surface area (Å²) >= 11 is 0. The first-order chi connectivity index (χ1) is 12.9. The molecule has 1 aliphatic rings. The number of nitrogens with two attached hydrogens (primary N) is 1. The first kappa shape index (κ1) is 17.7. The highest BCUT2D eigenvalue weighted by Crippen LogP contribution is 2.54. The lowest BCUT2D eigenvalue weighted by atomic mass is 9.63. The monoisotopic (exact) mass is 357 g/mol. The molecule has 2 atom stereocenters. The number of carbonyl (C=O) groups is 1. The van der Waals surface area contributed by atoms with Crippen molar-refractivity contribution in [3.8, 4) is 0 Å². The molecule has 0 aliphatic heterocycles. The minimum absolute atomic E-state index is 0.0315. The van der Waals surface area contributed by atoms with Gasteiger partial charge < -0.3 is 10.8 Å². The average molecular weight is 357 g/mol. The van der Waals surface area contributed by atoms with Crippen LogP contribution in [0.1, 0.15) is 40.4 Å². The van der Waals surface area contributed by atoms with Gasteiger partial charge >= 0.3 is 0 Å². The van der Waals surface area contributed by atoms with Crippen LogP contribution in [0, 0.1) is 5.92 Å². The molecule has 3 N–H and O–H groups in total. The lowest BCUT2D eigenvalue weighted by molar-refractivity contribution is 0.0322. The Balaban J connectivity index is 2.09. The third kappa shape index (κ3) is 2.80. The van der Waals surface area contributed by atoms with E-state index in [2.05, 4.69) is 24.3 Å². The molecule has 0 heterocycles. The van der Waals surface area contributed by atoms with Gasteiger partial charge in [-0.3, -0.25) is 4.79 Å². The quantitative estimate of drug-likeness (QED) is 0.696. The second kappa shape index (κ2) is 6.45. The minimum Gasteiger partial charge on any atom is -0.376 e. The lowest BCUT2D eigenvalue weighted by Gasteiger charge is -2.39. The Bertz CT molecular complexity index is 919. The van der Waals surface area contributed by atoms with Crippen LogP contribution < -0.4 is 5.73 Å². The summed E-state index contributed by atoms with van der Waals surface area (Å²) in [6.07, 6.45) is 0.171. The Morgan fingerprint density at radius 1 is 0.889 bits per heavy atom. The number of hydrogen-bond acceptors (Lipinski definition) is 3. The first-order valence-electron chi connectivity index (χ1n) is 9.20. The molecule has 3 heteroatoms. The van der Waals surface area contributed by atoms with Gasteiger partial charge in [0.15, 0.2) is 5.78 Å². The largest absolute Gasteiger partial charge is 0.376 e. The normalized spacial score (nSPS) is 20.1. The maximum absolute atomic E-state index is 13.5. The molecule has 3 aromatic carbocycles. The molecular weight excluding hydrogens is 334 g/mol. The Labute approximate surface area is 159 Å². The number of fused-ring (bicyclic) bond motifs is 1. The summed E-state index contributed by atoms with van der Waals surface area (Å²) in [4.78, 5) is 13.5. The summed E-state index contributed by atoms with van der Waals surface area (Å²) in [7, 11) is 0. The van der Waals surface area contributed by atoms with Crippen molar-refractivity contribution in [2.45, 2.75) is 24.5 Å². The van der Waals surface area contributed by atoms with Crippen LogP contribution in [0.5, 0.6) is 0 Å². The highest BCUT2D eigenvalue weighted by molar-refractivity contribution is 6.06. The van der Waals surface area contributed by atoms with Crippen LogP contribution in [-0.4, -0.2) is 16.6 Å². The van der Waals surface area contributed by atoms with Crippen LogP contribution in [0.3, 0.4) is 0 Å². The summed E-state index contributed by atoms with van der Waals surface area (Å²) in [6, 6.07) is 27.9. The predicted molar refractivity (Wildman–Crippen MR) is 106 cm³/mol. The number of hydrogen-bond donors (Lipinski definition) is 2. The van der Waals surface area contributed by atoms with Crippen LogP contribution in [-0.2, 0) is 5.41 Å². The van der Waals surface area contributed by atoms with Crippen LogP contribution >= 0.6 is 0 Å². The van der Waals surface area contributed by atoms with E-state index in [9.17, 15) is 9.90 Å². The summed E-state index contributed by atoms with van der Waals surface area (Å²) in [6.45, 7) is 1.56. The molecule has 0 fully saturated rings. The fourth-order valence-electron chi connectivity index (χ4n) is 4.56. The number of aliphatic hydroxyl groups is 1. The summed E-state index contributed by atoms with van der Waals surface area (Å²) in [5.74, 6) is -0.455. The lowest BCUT2D eigenvalue weighted by Crippen LogP contribution is -2.45. The molecule has 27 heavy (non-hydrogen) atoms. The smallest absolute Gasteiger partial charge is 0.168 e. The Hall–Kier alpha value is -2.75. The molecule has 0 saturated heterocycles. The third-order valence-electron chi connectivity index (χ3n) is 5.53. The first-order valence-corrected chi connectivity index (χ1v) is 9.20. The van der Waals surface area contributed by atoms with Crippen LogP contribution in [0.2, 0.25) is 0 Å². The minimum atomic E-state index is -1.45. The molecule has 0 aromatic heterocycles. The second-order valence-corrected chi connectivity index (χ2v) is 7.56. The maximum Gasteiger partial charge on any atom is 0.168 e. The molecule has 0 spiro atoms. The van der Waals surface area contributed by atoms with Crippen LogP contribution in [0.15, 0.2) is 84.9 Å². The SMILES string of the molecule is CC(N)(O)CC1C(=O)c2ccccc2C1(c1ccccc1)c1ccccc1.